The Kier molecular flexibility index (Phi) is 6.84. The van der Waals surface area contributed by atoms with Gasteiger partial charge in [0, 0.05) is 32.3 Å². The summed E-state index contributed by atoms with van der Waals surface area (Å²) in [5.74, 6) is 1.11. The zero-order valence-electron chi connectivity index (χ0n) is 13.7. The highest BCUT2D eigenvalue weighted by Crippen LogP contribution is 2.20. The van der Waals surface area contributed by atoms with Crippen LogP contribution < -0.4 is 10.2 Å². The molecule has 1 saturated heterocycles. The molecule has 1 aromatic rings. The maximum Gasteiger partial charge on any atom is 0.306 e. The number of carbonyl (C=O) groups excluding carboxylic acids is 2. The summed E-state index contributed by atoms with van der Waals surface area (Å²) >= 11 is 0. The van der Waals surface area contributed by atoms with E-state index < -0.39 is 0 Å². The summed E-state index contributed by atoms with van der Waals surface area (Å²) in [6.45, 7) is 4.71. The number of hydrogen-bond acceptors (Lipinski definition) is 5. The molecule has 0 aromatic carbocycles. The highest BCUT2D eigenvalue weighted by molar-refractivity contribution is 5.81. The van der Waals surface area contributed by atoms with Crippen molar-refractivity contribution in [2.24, 2.45) is 5.92 Å². The molecule has 1 aromatic heterocycles. The molecule has 6 heteroatoms. The second-order valence-electron chi connectivity index (χ2n) is 5.73. The minimum absolute atomic E-state index is 0.0785. The van der Waals surface area contributed by atoms with Crippen LogP contribution in [0.3, 0.4) is 0 Å². The van der Waals surface area contributed by atoms with E-state index in [9.17, 15) is 9.59 Å². The van der Waals surface area contributed by atoms with Crippen LogP contribution in [0.1, 0.15) is 32.6 Å². The van der Waals surface area contributed by atoms with Gasteiger partial charge in [-0.05, 0) is 37.8 Å². The van der Waals surface area contributed by atoms with Crippen molar-refractivity contribution in [3.05, 3.63) is 24.4 Å². The van der Waals surface area contributed by atoms with Crippen LogP contribution in [0, 0.1) is 5.92 Å². The predicted octanol–water partition coefficient (Wildman–Crippen LogP) is 1.76. The van der Waals surface area contributed by atoms with Gasteiger partial charge in [-0.2, -0.15) is 0 Å². The van der Waals surface area contributed by atoms with Crippen molar-refractivity contribution >= 4 is 17.7 Å². The van der Waals surface area contributed by atoms with Crippen LogP contribution in [-0.2, 0) is 14.3 Å². The summed E-state index contributed by atoms with van der Waals surface area (Å²) in [6, 6.07) is 5.94. The van der Waals surface area contributed by atoms with Gasteiger partial charge < -0.3 is 15.0 Å². The number of esters is 1. The number of aromatic nitrogens is 1. The molecule has 2 rings (SSSR count). The third-order valence-electron chi connectivity index (χ3n) is 4.04. The number of nitrogens with zero attached hydrogens (tertiary/aromatic N) is 2. The molecule has 0 atom stereocenters. The Morgan fingerprint density at radius 3 is 2.74 bits per heavy atom. The van der Waals surface area contributed by atoms with Crippen LogP contribution in [-0.4, -0.2) is 43.1 Å². The van der Waals surface area contributed by atoms with E-state index in [1.807, 2.05) is 24.4 Å². The van der Waals surface area contributed by atoms with Gasteiger partial charge in [0.05, 0.1) is 13.0 Å². The number of piperidine rings is 1. The molecule has 2 heterocycles. The molecule has 6 nitrogen and oxygen atoms in total. The summed E-state index contributed by atoms with van der Waals surface area (Å²) < 4.78 is 4.81. The lowest BCUT2D eigenvalue weighted by Crippen LogP contribution is -2.39. The fourth-order valence-electron chi connectivity index (χ4n) is 2.70. The number of amides is 1. The Morgan fingerprint density at radius 2 is 2.09 bits per heavy atom. The predicted molar refractivity (Wildman–Crippen MR) is 88.1 cm³/mol. The SMILES string of the molecule is CCOC(=O)CCC(=O)NCC1CCN(c2ccccn2)CC1. The van der Waals surface area contributed by atoms with Gasteiger partial charge in [0.25, 0.3) is 0 Å². The Labute approximate surface area is 137 Å². The third kappa shape index (κ3) is 5.88. The van der Waals surface area contributed by atoms with E-state index in [1.165, 1.54) is 0 Å². The van der Waals surface area contributed by atoms with Gasteiger partial charge in [0.15, 0.2) is 0 Å². The topological polar surface area (TPSA) is 71.5 Å². The van der Waals surface area contributed by atoms with Crippen LogP contribution >= 0.6 is 0 Å². The Bertz CT molecular complexity index is 499. The number of rotatable bonds is 7. The molecule has 126 valence electrons. The van der Waals surface area contributed by atoms with E-state index in [2.05, 4.69) is 15.2 Å². The highest BCUT2D eigenvalue weighted by Gasteiger charge is 2.20. The lowest BCUT2D eigenvalue weighted by atomic mass is 9.96. The molecular weight excluding hydrogens is 294 g/mol. The number of ether oxygens (including phenoxy) is 1. The molecule has 0 aliphatic carbocycles. The summed E-state index contributed by atoms with van der Waals surface area (Å²) in [7, 11) is 0. The van der Waals surface area contributed by atoms with Crippen LogP contribution in [0.4, 0.5) is 5.82 Å². The van der Waals surface area contributed by atoms with E-state index in [1.54, 1.807) is 6.92 Å². The molecule has 1 aliphatic heterocycles. The fraction of sp³-hybridized carbons (Fsp3) is 0.588. The standard InChI is InChI=1S/C17H25N3O3/c1-2-23-17(22)7-6-16(21)19-13-14-8-11-20(12-9-14)15-5-3-4-10-18-15/h3-5,10,14H,2,6-9,11-13H2,1H3,(H,19,21). The minimum atomic E-state index is -0.314. The second-order valence-corrected chi connectivity index (χ2v) is 5.73. The first-order valence-electron chi connectivity index (χ1n) is 8.27. The molecule has 0 saturated carbocycles. The first-order chi connectivity index (χ1) is 11.2. The van der Waals surface area contributed by atoms with Crippen LogP contribution in [0.15, 0.2) is 24.4 Å². The number of carbonyl (C=O) groups is 2. The van der Waals surface area contributed by atoms with Crippen molar-refractivity contribution in [2.45, 2.75) is 32.6 Å². The van der Waals surface area contributed by atoms with Crippen LogP contribution in [0.5, 0.6) is 0 Å². The average Bonchev–Trinajstić information content (AvgIpc) is 2.59. The largest absolute Gasteiger partial charge is 0.466 e. The highest BCUT2D eigenvalue weighted by atomic mass is 16.5. The first kappa shape index (κ1) is 17.2. The monoisotopic (exact) mass is 319 g/mol. The molecule has 1 fully saturated rings. The van der Waals surface area contributed by atoms with Crippen LogP contribution in [0.25, 0.3) is 0 Å². The lowest BCUT2D eigenvalue weighted by Gasteiger charge is -2.32. The summed E-state index contributed by atoms with van der Waals surface area (Å²) in [5.41, 5.74) is 0. The van der Waals surface area contributed by atoms with E-state index in [4.69, 9.17) is 4.74 Å². The Hall–Kier alpha value is -2.11. The number of anilines is 1. The number of hydrogen-bond donors (Lipinski definition) is 1. The van der Waals surface area contributed by atoms with Gasteiger partial charge in [0.2, 0.25) is 5.91 Å². The summed E-state index contributed by atoms with van der Waals surface area (Å²) in [5, 5.41) is 2.92. The second kappa shape index (κ2) is 9.12. The molecule has 1 aliphatic rings. The zero-order valence-corrected chi connectivity index (χ0v) is 13.7. The van der Waals surface area contributed by atoms with E-state index in [0.29, 0.717) is 19.1 Å². The molecular formula is C17H25N3O3. The van der Waals surface area contributed by atoms with Gasteiger partial charge in [-0.15, -0.1) is 0 Å². The molecule has 0 bridgehead atoms. The average molecular weight is 319 g/mol. The van der Waals surface area contributed by atoms with Gasteiger partial charge >= 0.3 is 5.97 Å². The van der Waals surface area contributed by atoms with Gasteiger partial charge in [-0.1, -0.05) is 6.07 Å². The number of nitrogens with one attached hydrogen (secondary N) is 1. The van der Waals surface area contributed by atoms with E-state index >= 15 is 0 Å². The quantitative estimate of drug-likeness (QED) is 0.775. The van der Waals surface area contributed by atoms with Gasteiger partial charge in [-0.25, -0.2) is 4.98 Å². The van der Waals surface area contributed by atoms with E-state index in [-0.39, 0.29) is 24.7 Å². The lowest BCUT2D eigenvalue weighted by molar-refractivity contribution is -0.144. The molecule has 0 spiro atoms. The Morgan fingerprint density at radius 1 is 1.30 bits per heavy atom. The van der Waals surface area contributed by atoms with Crippen molar-refractivity contribution in [2.75, 3.05) is 31.1 Å². The first-order valence-corrected chi connectivity index (χ1v) is 8.27. The van der Waals surface area contributed by atoms with Crippen molar-refractivity contribution in [3.8, 4) is 0 Å². The zero-order chi connectivity index (χ0) is 16.5. The van der Waals surface area contributed by atoms with E-state index in [0.717, 1.165) is 31.7 Å². The number of pyridine rings is 1. The molecule has 0 unspecified atom stereocenters. The van der Waals surface area contributed by atoms with Crippen molar-refractivity contribution in [1.29, 1.82) is 0 Å². The van der Waals surface area contributed by atoms with Crippen LogP contribution in [0.2, 0.25) is 0 Å². The summed E-state index contributed by atoms with van der Waals surface area (Å²) in [4.78, 5) is 29.6. The van der Waals surface area contributed by atoms with Gasteiger partial charge in [0.1, 0.15) is 5.82 Å². The normalized spacial score (nSPS) is 15.3. The minimum Gasteiger partial charge on any atom is -0.466 e. The summed E-state index contributed by atoms with van der Waals surface area (Å²) in [6.07, 6.45) is 4.23. The molecule has 1 amide bonds. The van der Waals surface area contributed by atoms with Crippen molar-refractivity contribution in [3.63, 3.8) is 0 Å². The maximum absolute atomic E-state index is 11.7. The third-order valence-corrected chi connectivity index (χ3v) is 4.04. The fourth-order valence-corrected chi connectivity index (χ4v) is 2.70. The molecule has 23 heavy (non-hydrogen) atoms. The molecule has 0 radical (unpaired) electrons. The molecule has 1 N–H and O–H groups in total. The van der Waals surface area contributed by atoms with Crippen molar-refractivity contribution in [1.82, 2.24) is 10.3 Å². The maximum atomic E-state index is 11.7. The Balaban J connectivity index is 1.63. The smallest absolute Gasteiger partial charge is 0.306 e. The van der Waals surface area contributed by atoms with Crippen molar-refractivity contribution < 1.29 is 14.3 Å². The van der Waals surface area contributed by atoms with Gasteiger partial charge in [-0.3, -0.25) is 9.59 Å².